The fourth-order valence-electron chi connectivity index (χ4n) is 3.94. The second-order valence-electron chi connectivity index (χ2n) is 7.10. The number of ether oxygens (including phenoxy) is 1. The van der Waals surface area contributed by atoms with Gasteiger partial charge in [-0.05, 0) is 49.2 Å². The first kappa shape index (κ1) is 17.4. The van der Waals surface area contributed by atoms with Gasteiger partial charge in [0.25, 0.3) is 0 Å². The second kappa shape index (κ2) is 6.95. The molecule has 1 fully saturated rings. The van der Waals surface area contributed by atoms with Crippen molar-refractivity contribution in [2.75, 3.05) is 23.5 Å². The molecule has 2 atom stereocenters. The van der Waals surface area contributed by atoms with Crippen LogP contribution in [-0.2, 0) is 11.2 Å². The molecule has 2 heterocycles. The number of fused-ring (bicyclic) bond motifs is 1. The number of urea groups is 1. The van der Waals surface area contributed by atoms with E-state index in [1.54, 1.807) is 16.9 Å². The third kappa shape index (κ3) is 3.23. The topological polar surface area (TPSA) is 61.9 Å². The third-order valence-electron chi connectivity index (χ3n) is 5.26. The first-order valence-corrected chi connectivity index (χ1v) is 9.19. The molecule has 1 saturated heterocycles. The molecule has 6 nitrogen and oxygen atoms in total. The van der Waals surface area contributed by atoms with Gasteiger partial charge in [0, 0.05) is 30.4 Å². The van der Waals surface area contributed by atoms with Gasteiger partial charge >= 0.3 is 6.03 Å². The lowest BCUT2D eigenvalue weighted by Crippen LogP contribution is -2.48. The lowest BCUT2D eigenvalue weighted by atomic mass is 10.1. The standard InChI is InChI=1S/C21H23N3O3/c1-14-11-15-5-3-4-6-19(15)24(14)21(26)22-16-12-20(25)23(13-16)17-7-9-18(27-2)10-8-17/h3-10,14,16H,11-13H2,1-2H3,(H,22,26)/t14-,16-/m1/s1. The molecule has 2 aromatic rings. The van der Waals surface area contributed by atoms with E-state index in [0.717, 1.165) is 23.5 Å². The minimum Gasteiger partial charge on any atom is -0.497 e. The molecule has 0 aromatic heterocycles. The molecule has 1 N–H and O–H groups in total. The van der Waals surface area contributed by atoms with Crippen LogP contribution in [0.3, 0.4) is 0 Å². The molecule has 2 aromatic carbocycles. The summed E-state index contributed by atoms with van der Waals surface area (Å²) in [5.74, 6) is 0.761. The Morgan fingerprint density at radius 1 is 1.11 bits per heavy atom. The smallest absolute Gasteiger partial charge is 0.322 e. The summed E-state index contributed by atoms with van der Waals surface area (Å²) < 4.78 is 5.16. The zero-order chi connectivity index (χ0) is 19.0. The fraction of sp³-hybridized carbons (Fsp3) is 0.333. The summed E-state index contributed by atoms with van der Waals surface area (Å²) in [7, 11) is 1.61. The number of carbonyl (C=O) groups is 2. The van der Waals surface area contributed by atoms with Crippen molar-refractivity contribution in [3.63, 3.8) is 0 Å². The van der Waals surface area contributed by atoms with Crippen molar-refractivity contribution in [1.29, 1.82) is 0 Å². The van der Waals surface area contributed by atoms with Crippen molar-refractivity contribution in [2.45, 2.75) is 31.8 Å². The zero-order valence-corrected chi connectivity index (χ0v) is 15.5. The molecule has 0 bridgehead atoms. The van der Waals surface area contributed by atoms with Gasteiger partial charge < -0.3 is 15.0 Å². The Labute approximate surface area is 158 Å². The number of methoxy groups -OCH3 is 1. The number of benzene rings is 2. The van der Waals surface area contributed by atoms with Crippen LogP contribution in [0, 0.1) is 0 Å². The molecule has 27 heavy (non-hydrogen) atoms. The number of rotatable bonds is 3. The van der Waals surface area contributed by atoms with Crippen LogP contribution in [0.25, 0.3) is 0 Å². The SMILES string of the molecule is COc1ccc(N2C[C@H](NC(=O)N3c4ccccc4C[C@H]3C)CC2=O)cc1. The Hall–Kier alpha value is -3.02. The van der Waals surface area contributed by atoms with E-state index < -0.39 is 0 Å². The van der Waals surface area contributed by atoms with Crippen LogP contribution in [0.4, 0.5) is 16.2 Å². The summed E-state index contributed by atoms with van der Waals surface area (Å²) in [6.07, 6.45) is 1.16. The van der Waals surface area contributed by atoms with Crippen LogP contribution in [0.15, 0.2) is 48.5 Å². The van der Waals surface area contributed by atoms with Gasteiger partial charge in [0.2, 0.25) is 5.91 Å². The Bertz CT molecular complexity index is 865. The Balaban J connectivity index is 1.44. The van der Waals surface area contributed by atoms with Gasteiger partial charge in [-0.2, -0.15) is 0 Å². The normalized spacial score (nSPS) is 21.3. The lowest BCUT2D eigenvalue weighted by Gasteiger charge is -2.25. The van der Waals surface area contributed by atoms with E-state index in [1.807, 2.05) is 49.4 Å². The number of para-hydroxylation sites is 1. The summed E-state index contributed by atoms with van der Waals surface area (Å²) in [4.78, 5) is 28.8. The lowest BCUT2D eigenvalue weighted by molar-refractivity contribution is -0.117. The minimum absolute atomic E-state index is 0.0142. The van der Waals surface area contributed by atoms with E-state index in [4.69, 9.17) is 4.74 Å². The van der Waals surface area contributed by atoms with Crippen LogP contribution in [0.1, 0.15) is 18.9 Å². The van der Waals surface area contributed by atoms with Crippen molar-refractivity contribution in [3.8, 4) is 5.75 Å². The summed E-state index contributed by atoms with van der Waals surface area (Å²) in [6.45, 7) is 2.52. The molecule has 2 aliphatic rings. The maximum absolute atomic E-state index is 12.9. The molecule has 3 amide bonds. The Morgan fingerprint density at radius 2 is 1.85 bits per heavy atom. The summed E-state index contributed by atoms with van der Waals surface area (Å²) in [5.41, 5.74) is 2.96. The van der Waals surface area contributed by atoms with Crippen molar-refractivity contribution in [2.24, 2.45) is 0 Å². The van der Waals surface area contributed by atoms with Crippen molar-refractivity contribution in [1.82, 2.24) is 5.32 Å². The van der Waals surface area contributed by atoms with E-state index in [9.17, 15) is 9.59 Å². The largest absolute Gasteiger partial charge is 0.497 e. The number of nitrogens with zero attached hydrogens (tertiary/aromatic N) is 2. The average molecular weight is 365 g/mol. The van der Waals surface area contributed by atoms with E-state index >= 15 is 0 Å². The highest BCUT2D eigenvalue weighted by Gasteiger charge is 2.35. The highest BCUT2D eigenvalue weighted by Crippen LogP contribution is 2.32. The van der Waals surface area contributed by atoms with Gasteiger partial charge in [0.15, 0.2) is 0 Å². The highest BCUT2D eigenvalue weighted by molar-refractivity contribution is 5.99. The van der Waals surface area contributed by atoms with E-state index in [-0.39, 0.29) is 24.0 Å². The maximum atomic E-state index is 12.9. The molecule has 2 aliphatic heterocycles. The van der Waals surface area contributed by atoms with Crippen LogP contribution in [-0.4, -0.2) is 37.7 Å². The molecule has 0 spiro atoms. The number of hydrogen-bond donors (Lipinski definition) is 1. The van der Waals surface area contributed by atoms with Crippen LogP contribution >= 0.6 is 0 Å². The van der Waals surface area contributed by atoms with Gasteiger partial charge in [-0.15, -0.1) is 0 Å². The molecule has 140 valence electrons. The van der Waals surface area contributed by atoms with Crippen molar-refractivity contribution in [3.05, 3.63) is 54.1 Å². The monoisotopic (exact) mass is 365 g/mol. The maximum Gasteiger partial charge on any atom is 0.322 e. The van der Waals surface area contributed by atoms with Crippen LogP contribution in [0.2, 0.25) is 0 Å². The molecule has 0 saturated carbocycles. The van der Waals surface area contributed by atoms with Gasteiger partial charge in [0.1, 0.15) is 5.75 Å². The fourth-order valence-corrected chi connectivity index (χ4v) is 3.94. The molecular formula is C21H23N3O3. The number of carbonyl (C=O) groups excluding carboxylic acids is 2. The Morgan fingerprint density at radius 3 is 2.59 bits per heavy atom. The van der Waals surface area contributed by atoms with Gasteiger partial charge in [0.05, 0.1) is 13.2 Å². The highest BCUT2D eigenvalue weighted by atomic mass is 16.5. The quantitative estimate of drug-likeness (QED) is 0.910. The van der Waals surface area contributed by atoms with Gasteiger partial charge in [-0.1, -0.05) is 18.2 Å². The predicted octanol–water partition coefficient (Wildman–Crippen LogP) is 2.96. The van der Waals surface area contributed by atoms with E-state index in [0.29, 0.717) is 13.0 Å². The summed E-state index contributed by atoms with van der Waals surface area (Å²) in [6, 6.07) is 15.1. The number of hydrogen-bond acceptors (Lipinski definition) is 3. The van der Waals surface area contributed by atoms with E-state index in [2.05, 4.69) is 11.4 Å². The number of anilines is 2. The van der Waals surface area contributed by atoms with Crippen LogP contribution in [0.5, 0.6) is 5.75 Å². The summed E-state index contributed by atoms with van der Waals surface area (Å²) in [5, 5.41) is 3.04. The first-order chi connectivity index (χ1) is 13.1. The summed E-state index contributed by atoms with van der Waals surface area (Å²) >= 11 is 0. The van der Waals surface area contributed by atoms with E-state index in [1.165, 1.54) is 5.56 Å². The van der Waals surface area contributed by atoms with Gasteiger partial charge in [-0.3, -0.25) is 9.69 Å². The Kier molecular flexibility index (Phi) is 4.48. The zero-order valence-electron chi connectivity index (χ0n) is 15.5. The van der Waals surface area contributed by atoms with Gasteiger partial charge in [-0.25, -0.2) is 4.79 Å². The third-order valence-corrected chi connectivity index (χ3v) is 5.26. The molecule has 0 radical (unpaired) electrons. The van der Waals surface area contributed by atoms with Crippen molar-refractivity contribution < 1.29 is 14.3 Å². The molecule has 6 heteroatoms. The van der Waals surface area contributed by atoms with Crippen LogP contribution < -0.4 is 19.9 Å². The number of amides is 3. The predicted molar refractivity (Wildman–Crippen MR) is 104 cm³/mol. The first-order valence-electron chi connectivity index (χ1n) is 9.19. The molecule has 0 aliphatic carbocycles. The number of nitrogens with one attached hydrogen (secondary N) is 1. The molecule has 4 rings (SSSR count). The van der Waals surface area contributed by atoms with Crippen molar-refractivity contribution >= 4 is 23.3 Å². The molecule has 0 unspecified atom stereocenters. The average Bonchev–Trinajstić information content (AvgIpc) is 3.20. The second-order valence-corrected chi connectivity index (χ2v) is 7.10. The minimum atomic E-state index is -0.202. The molecular weight excluding hydrogens is 342 g/mol.